The Kier molecular flexibility index (Phi) is 9.35. The third-order valence-electron chi connectivity index (χ3n) is 4.67. The zero-order valence-corrected chi connectivity index (χ0v) is 19.1. The highest BCUT2D eigenvalue weighted by Gasteiger charge is 2.32. The lowest BCUT2D eigenvalue weighted by Crippen LogP contribution is -2.48. The average molecular weight is 534 g/mol. The van der Waals surface area contributed by atoms with E-state index in [1.807, 2.05) is 30.2 Å². The highest BCUT2D eigenvalue weighted by atomic mass is 127. The van der Waals surface area contributed by atoms with Crippen LogP contribution in [0.15, 0.2) is 53.8 Å². The number of nitrogens with one attached hydrogen (secondary N) is 1. The lowest BCUT2D eigenvalue weighted by atomic mass is 10.0. The van der Waals surface area contributed by atoms with E-state index in [0.717, 1.165) is 24.0 Å². The van der Waals surface area contributed by atoms with Crippen LogP contribution in [0.4, 0.5) is 13.2 Å². The molecule has 1 fully saturated rings. The first-order valence-electron chi connectivity index (χ1n) is 9.68. The smallest absolute Gasteiger partial charge is 0.370 e. The Hall–Kier alpha value is -1.88. The summed E-state index contributed by atoms with van der Waals surface area (Å²) in [4.78, 5) is 10.8. The summed E-state index contributed by atoms with van der Waals surface area (Å²) >= 11 is 0. The second-order valence-electron chi connectivity index (χ2n) is 6.78. The lowest BCUT2D eigenvalue weighted by molar-refractivity contribution is -0.137. The first-order valence-corrected chi connectivity index (χ1v) is 9.68. The first kappa shape index (κ1) is 24.4. The Balaban J connectivity index is 0.00000320. The van der Waals surface area contributed by atoms with Crippen LogP contribution in [-0.2, 0) is 17.3 Å². The fraction of sp³-hybridized carbons (Fsp3) is 0.429. The number of alkyl halides is 3. The molecule has 1 N–H and O–H groups in total. The van der Waals surface area contributed by atoms with Gasteiger partial charge in [-0.25, -0.2) is 0 Å². The SMILES string of the molecule is CCNC(=NCCc1cccnc1)N1CCOC(c2cccc(C(F)(F)F)c2)C1.I. The third kappa shape index (κ3) is 6.83. The molecule has 0 saturated carbocycles. The van der Waals surface area contributed by atoms with Crippen molar-refractivity contribution in [3.63, 3.8) is 0 Å². The molecule has 0 amide bonds. The molecule has 1 saturated heterocycles. The summed E-state index contributed by atoms with van der Waals surface area (Å²) in [5.74, 6) is 0.747. The highest BCUT2D eigenvalue weighted by Crippen LogP contribution is 2.32. The third-order valence-corrected chi connectivity index (χ3v) is 4.67. The molecule has 1 aliphatic rings. The van der Waals surface area contributed by atoms with Gasteiger partial charge in [-0.1, -0.05) is 18.2 Å². The quantitative estimate of drug-likeness (QED) is 0.353. The summed E-state index contributed by atoms with van der Waals surface area (Å²) < 4.78 is 44.9. The molecule has 1 aliphatic heterocycles. The predicted molar refractivity (Wildman–Crippen MR) is 121 cm³/mol. The molecule has 0 aliphatic carbocycles. The number of ether oxygens (including phenoxy) is 1. The molecular weight excluding hydrogens is 508 g/mol. The number of rotatable bonds is 5. The molecule has 9 heteroatoms. The molecule has 2 aromatic rings. The predicted octanol–water partition coefficient (Wildman–Crippen LogP) is 4.30. The number of halogens is 4. The molecule has 1 aromatic heterocycles. The number of morpholine rings is 1. The Morgan fingerprint density at radius 1 is 1.30 bits per heavy atom. The zero-order chi connectivity index (χ0) is 20.7. The molecule has 30 heavy (non-hydrogen) atoms. The van der Waals surface area contributed by atoms with Crippen LogP contribution in [0.1, 0.15) is 29.7 Å². The first-order chi connectivity index (χ1) is 14.0. The van der Waals surface area contributed by atoms with Crippen LogP contribution in [0, 0.1) is 0 Å². The maximum Gasteiger partial charge on any atom is 0.416 e. The van der Waals surface area contributed by atoms with Gasteiger partial charge < -0.3 is 15.0 Å². The molecule has 1 aromatic carbocycles. The van der Waals surface area contributed by atoms with Crippen LogP contribution < -0.4 is 5.32 Å². The maximum absolute atomic E-state index is 13.0. The van der Waals surface area contributed by atoms with Crippen molar-refractivity contribution in [2.45, 2.75) is 25.6 Å². The van der Waals surface area contributed by atoms with Gasteiger partial charge in [0, 0.05) is 32.0 Å². The Morgan fingerprint density at radius 2 is 2.13 bits per heavy atom. The number of benzene rings is 1. The van der Waals surface area contributed by atoms with Crippen molar-refractivity contribution in [2.75, 3.05) is 32.8 Å². The van der Waals surface area contributed by atoms with Gasteiger partial charge in [0.25, 0.3) is 0 Å². The number of hydrogen-bond donors (Lipinski definition) is 1. The molecule has 5 nitrogen and oxygen atoms in total. The summed E-state index contributed by atoms with van der Waals surface area (Å²) in [6.45, 7) is 4.79. The van der Waals surface area contributed by atoms with Crippen LogP contribution in [0.3, 0.4) is 0 Å². The van der Waals surface area contributed by atoms with Gasteiger partial charge in [-0.3, -0.25) is 9.98 Å². The fourth-order valence-electron chi connectivity index (χ4n) is 3.22. The van der Waals surface area contributed by atoms with Crippen molar-refractivity contribution >= 4 is 29.9 Å². The molecule has 3 rings (SSSR count). The molecule has 1 unspecified atom stereocenters. The van der Waals surface area contributed by atoms with Gasteiger partial charge in [-0.15, -0.1) is 24.0 Å². The molecule has 0 bridgehead atoms. The van der Waals surface area contributed by atoms with Crippen LogP contribution in [0.5, 0.6) is 0 Å². The van der Waals surface area contributed by atoms with E-state index in [1.54, 1.807) is 12.3 Å². The average Bonchev–Trinajstić information content (AvgIpc) is 2.73. The van der Waals surface area contributed by atoms with Gasteiger partial charge in [0.05, 0.1) is 18.7 Å². The van der Waals surface area contributed by atoms with E-state index >= 15 is 0 Å². The van der Waals surface area contributed by atoms with Crippen molar-refractivity contribution in [1.82, 2.24) is 15.2 Å². The van der Waals surface area contributed by atoms with Crippen LogP contribution >= 0.6 is 24.0 Å². The molecule has 2 heterocycles. The molecule has 0 radical (unpaired) electrons. The largest absolute Gasteiger partial charge is 0.416 e. The van der Waals surface area contributed by atoms with Crippen molar-refractivity contribution in [2.24, 2.45) is 4.99 Å². The van der Waals surface area contributed by atoms with Gasteiger partial charge >= 0.3 is 6.18 Å². The van der Waals surface area contributed by atoms with Gasteiger partial charge in [-0.2, -0.15) is 13.2 Å². The number of guanidine groups is 1. The minimum Gasteiger partial charge on any atom is -0.370 e. The number of pyridine rings is 1. The van der Waals surface area contributed by atoms with E-state index in [4.69, 9.17) is 4.74 Å². The van der Waals surface area contributed by atoms with E-state index in [1.165, 1.54) is 12.1 Å². The Bertz CT molecular complexity index is 817. The van der Waals surface area contributed by atoms with E-state index < -0.39 is 17.8 Å². The summed E-state index contributed by atoms with van der Waals surface area (Å²) in [6, 6.07) is 9.25. The standard InChI is InChI=1S/C21H25F3N4O.HI/c1-2-26-20(27-10-8-16-5-4-9-25-14-16)28-11-12-29-19(15-28)17-6-3-7-18(13-17)21(22,23)24;/h3-7,9,13-14,19H,2,8,10-12,15H2,1H3,(H,26,27);1H. The van der Waals surface area contributed by atoms with Crippen molar-refractivity contribution in [1.29, 1.82) is 0 Å². The topological polar surface area (TPSA) is 49.8 Å². The lowest BCUT2D eigenvalue weighted by Gasteiger charge is -2.35. The Morgan fingerprint density at radius 3 is 2.83 bits per heavy atom. The highest BCUT2D eigenvalue weighted by molar-refractivity contribution is 14.0. The Labute approximate surface area is 191 Å². The van der Waals surface area contributed by atoms with Crippen molar-refractivity contribution in [3.05, 3.63) is 65.5 Å². The molecule has 1 atom stereocenters. The normalized spacial score (nSPS) is 17.4. The van der Waals surface area contributed by atoms with Gasteiger partial charge in [0.2, 0.25) is 0 Å². The maximum atomic E-state index is 13.0. The van der Waals surface area contributed by atoms with Crippen LogP contribution in [0.25, 0.3) is 0 Å². The van der Waals surface area contributed by atoms with E-state index in [0.29, 0.717) is 38.3 Å². The van der Waals surface area contributed by atoms with Gasteiger partial charge in [0.15, 0.2) is 5.96 Å². The summed E-state index contributed by atoms with van der Waals surface area (Å²) in [7, 11) is 0. The number of aliphatic imine (C=N–C) groups is 1. The molecular formula is C21H26F3IN4O. The number of nitrogens with zero attached hydrogens (tertiary/aromatic N) is 3. The van der Waals surface area contributed by atoms with E-state index in [-0.39, 0.29) is 24.0 Å². The van der Waals surface area contributed by atoms with Crippen LogP contribution in [-0.4, -0.2) is 48.6 Å². The summed E-state index contributed by atoms with van der Waals surface area (Å²) in [6.07, 6.45) is -0.482. The van der Waals surface area contributed by atoms with E-state index in [2.05, 4.69) is 15.3 Å². The van der Waals surface area contributed by atoms with E-state index in [9.17, 15) is 13.2 Å². The van der Waals surface area contributed by atoms with Crippen LogP contribution in [0.2, 0.25) is 0 Å². The van der Waals surface area contributed by atoms with Gasteiger partial charge in [0.1, 0.15) is 6.10 Å². The summed E-state index contributed by atoms with van der Waals surface area (Å²) in [5, 5.41) is 3.27. The minimum atomic E-state index is -4.37. The second-order valence-corrected chi connectivity index (χ2v) is 6.78. The number of hydrogen-bond acceptors (Lipinski definition) is 3. The monoisotopic (exact) mass is 534 g/mol. The summed E-state index contributed by atoms with van der Waals surface area (Å²) in [5.41, 5.74) is 0.972. The van der Waals surface area contributed by atoms with Crippen molar-refractivity contribution < 1.29 is 17.9 Å². The molecule has 164 valence electrons. The minimum absolute atomic E-state index is 0. The molecule has 0 spiro atoms. The zero-order valence-electron chi connectivity index (χ0n) is 16.7. The number of aromatic nitrogens is 1. The van der Waals surface area contributed by atoms with Gasteiger partial charge in [-0.05, 0) is 42.7 Å². The van der Waals surface area contributed by atoms with Crippen molar-refractivity contribution in [3.8, 4) is 0 Å². The fourth-order valence-corrected chi connectivity index (χ4v) is 3.22. The second kappa shape index (κ2) is 11.5.